The van der Waals surface area contributed by atoms with Crippen LogP contribution in [-0.2, 0) is 4.74 Å². The maximum atomic E-state index is 13.7. The maximum Gasteiger partial charge on any atom is 0.407 e. The highest BCUT2D eigenvalue weighted by atomic mass is 19.2. The van der Waals surface area contributed by atoms with Crippen LogP contribution in [0.2, 0.25) is 0 Å². The molecule has 3 N–H and O–H groups in total. The van der Waals surface area contributed by atoms with Crippen molar-refractivity contribution in [1.29, 1.82) is 0 Å². The molecule has 1 atom stereocenters. The second kappa shape index (κ2) is 7.40. The maximum absolute atomic E-state index is 13.7. The van der Waals surface area contributed by atoms with E-state index in [-0.39, 0.29) is 18.8 Å². The molecule has 0 heterocycles. The van der Waals surface area contributed by atoms with E-state index in [4.69, 9.17) is 15.2 Å². The number of carbonyl (C=O) groups is 1. The van der Waals surface area contributed by atoms with Crippen molar-refractivity contribution in [3.63, 3.8) is 0 Å². The predicted octanol–water partition coefficient (Wildman–Crippen LogP) is 2.54. The zero-order valence-electron chi connectivity index (χ0n) is 13.2. The quantitative estimate of drug-likeness (QED) is 0.875. The molecule has 0 aliphatic rings. The number of alkyl carbamates (subject to hydrolysis) is 1. The average molecular weight is 316 g/mol. The molecule has 1 rings (SSSR count). The van der Waals surface area contributed by atoms with Gasteiger partial charge in [0.1, 0.15) is 5.60 Å². The molecule has 1 aromatic carbocycles. The molecule has 22 heavy (non-hydrogen) atoms. The third-order valence-corrected chi connectivity index (χ3v) is 2.90. The molecule has 0 aliphatic heterocycles. The molecule has 1 unspecified atom stereocenters. The summed E-state index contributed by atoms with van der Waals surface area (Å²) in [6, 6.07) is 2.40. The number of hydrogen-bond acceptors (Lipinski definition) is 4. The van der Waals surface area contributed by atoms with Gasteiger partial charge in [0.15, 0.2) is 11.6 Å². The van der Waals surface area contributed by atoms with E-state index in [0.29, 0.717) is 5.56 Å². The molecule has 0 aliphatic carbocycles. The summed E-state index contributed by atoms with van der Waals surface area (Å²) in [6.45, 7) is 5.46. The topological polar surface area (TPSA) is 73.6 Å². The fraction of sp³-hybridized carbons (Fsp3) is 0.533. The Morgan fingerprint density at radius 1 is 1.36 bits per heavy atom. The highest BCUT2D eigenvalue weighted by molar-refractivity contribution is 5.67. The van der Waals surface area contributed by atoms with Crippen molar-refractivity contribution in [3.05, 3.63) is 29.3 Å². The third kappa shape index (κ3) is 4.84. The fourth-order valence-electron chi connectivity index (χ4n) is 1.92. The van der Waals surface area contributed by atoms with Crippen LogP contribution in [0.3, 0.4) is 0 Å². The van der Waals surface area contributed by atoms with Gasteiger partial charge in [-0.3, -0.25) is 0 Å². The summed E-state index contributed by atoms with van der Waals surface area (Å²) in [5.74, 6) is -2.72. The van der Waals surface area contributed by atoms with Crippen LogP contribution in [0, 0.1) is 11.6 Å². The Bertz CT molecular complexity index is 530. The Hall–Kier alpha value is -1.89. The Morgan fingerprint density at radius 3 is 2.50 bits per heavy atom. The molecule has 0 saturated carbocycles. The molecule has 1 aromatic rings. The summed E-state index contributed by atoms with van der Waals surface area (Å²) in [7, 11) is 1.25. The molecule has 0 saturated heterocycles. The van der Waals surface area contributed by atoms with Gasteiger partial charge in [0.2, 0.25) is 5.82 Å². The molecular weight excluding hydrogens is 294 g/mol. The lowest BCUT2D eigenvalue weighted by Gasteiger charge is -2.22. The van der Waals surface area contributed by atoms with Gasteiger partial charge >= 0.3 is 6.09 Å². The first-order chi connectivity index (χ1) is 10.2. The molecule has 0 radical (unpaired) electrons. The van der Waals surface area contributed by atoms with Gasteiger partial charge in [-0.1, -0.05) is 6.07 Å². The number of carbonyl (C=O) groups excluding carboxylic acids is 1. The first-order valence-electron chi connectivity index (χ1n) is 6.88. The zero-order chi connectivity index (χ0) is 16.9. The van der Waals surface area contributed by atoms with Crippen LogP contribution < -0.4 is 15.8 Å². The van der Waals surface area contributed by atoms with Gasteiger partial charge < -0.3 is 20.5 Å². The molecule has 0 bridgehead atoms. The normalized spacial score (nSPS) is 12.7. The van der Waals surface area contributed by atoms with E-state index in [2.05, 4.69) is 5.32 Å². The number of amides is 1. The van der Waals surface area contributed by atoms with Gasteiger partial charge in [-0.2, -0.15) is 4.39 Å². The fourth-order valence-corrected chi connectivity index (χ4v) is 1.92. The van der Waals surface area contributed by atoms with Crippen molar-refractivity contribution in [1.82, 2.24) is 5.32 Å². The van der Waals surface area contributed by atoms with E-state index in [1.165, 1.54) is 13.2 Å². The summed E-state index contributed by atoms with van der Waals surface area (Å²) in [4.78, 5) is 11.6. The number of nitrogens with two attached hydrogens (primary N) is 1. The summed E-state index contributed by atoms with van der Waals surface area (Å²) in [6.07, 6.45) is -0.604. The van der Waals surface area contributed by atoms with Crippen LogP contribution in [0.1, 0.15) is 32.3 Å². The zero-order valence-corrected chi connectivity index (χ0v) is 13.2. The summed E-state index contributed by atoms with van der Waals surface area (Å²) < 4.78 is 37.0. The van der Waals surface area contributed by atoms with Crippen molar-refractivity contribution < 1.29 is 23.0 Å². The minimum atomic E-state index is -1.07. The van der Waals surface area contributed by atoms with Crippen molar-refractivity contribution >= 4 is 6.09 Å². The first-order valence-corrected chi connectivity index (χ1v) is 6.88. The van der Waals surface area contributed by atoms with E-state index in [9.17, 15) is 13.6 Å². The van der Waals surface area contributed by atoms with Crippen LogP contribution in [0.25, 0.3) is 0 Å². The van der Waals surface area contributed by atoms with Crippen LogP contribution >= 0.6 is 0 Å². The van der Waals surface area contributed by atoms with Crippen molar-refractivity contribution in [2.75, 3.05) is 20.2 Å². The number of halogens is 2. The minimum Gasteiger partial charge on any atom is -0.493 e. The second-order valence-electron chi connectivity index (χ2n) is 5.80. The average Bonchev–Trinajstić information content (AvgIpc) is 2.41. The number of benzene rings is 1. The summed E-state index contributed by atoms with van der Waals surface area (Å²) >= 11 is 0. The molecule has 0 fully saturated rings. The van der Waals surface area contributed by atoms with Crippen molar-refractivity contribution in [2.45, 2.75) is 32.3 Å². The Morgan fingerprint density at radius 2 is 2.00 bits per heavy atom. The molecule has 5 nitrogen and oxygen atoms in total. The van der Waals surface area contributed by atoms with E-state index < -0.39 is 29.2 Å². The van der Waals surface area contributed by atoms with Gasteiger partial charge in [-0.15, -0.1) is 0 Å². The van der Waals surface area contributed by atoms with Crippen molar-refractivity contribution in [2.24, 2.45) is 5.73 Å². The second-order valence-corrected chi connectivity index (χ2v) is 5.80. The molecule has 0 aromatic heterocycles. The number of ether oxygens (including phenoxy) is 2. The number of methoxy groups -OCH3 is 1. The standard InChI is InChI=1S/C15H22F2N2O3/c1-15(2,3)22-14(20)19-8-9(7-18)10-5-6-11(16)12(17)13(10)21-4/h5-6,9H,7-8,18H2,1-4H3,(H,19,20). The third-order valence-electron chi connectivity index (χ3n) is 2.90. The van der Waals surface area contributed by atoms with Crippen LogP contribution in [-0.4, -0.2) is 31.9 Å². The van der Waals surface area contributed by atoms with Crippen molar-refractivity contribution in [3.8, 4) is 5.75 Å². The van der Waals surface area contributed by atoms with E-state index >= 15 is 0 Å². The molecule has 1 amide bonds. The van der Waals surface area contributed by atoms with Gasteiger partial charge in [0.25, 0.3) is 0 Å². The monoisotopic (exact) mass is 316 g/mol. The first kappa shape index (κ1) is 18.2. The van der Waals surface area contributed by atoms with Gasteiger partial charge in [-0.05, 0) is 26.8 Å². The summed E-state index contributed by atoms with van der Waals surface area (Å²) in [5.41, 5.74) is 5.43. The number of nitrogens with one attached hydrogen (secondary N) is 1. The van der Waals surface area contributed by atoms with Gasteiger partial charge in [-0.25, -0.2) is 9.18 Å². The molecule has 124 valence electrons. The molecule has 7 heteroatoms. The van der Waals surface area contributed by atoms with E-state index in [1.54, 1.807) is 20.8 Å². The number of hydrogen-bond donors (Lipinski definition) is 2. The smallest absolute Gasteiger partial charge is 0.407 e. The highest BCUT2D eigenvalue weighted by Gasteiger charge is 2.22. The highest BCUT2D eigenvalue weighted by Crippen LogP contribution is 2.30. The SMILES string of the molecule is COc1c(C(CN)CNC(=O)OC(C)(C)C)ccc(F)c1F. The van der Waals surface area contributed by atoms with E-state index in [1.807, 2.05) is 0 Å². The van der Waals surface area contributed by atoms with Crippen LogP contribution in [0.15, 0.2) is 12.1 Å². The Kier molecular flexibility index (Phi) is 6.11. The molecule has 0 spiro atoms. The van der Waals surface area contributed by atoms with Crippen LogP contribution in [0.4, 0.5) is 13.6 Å². The predicted molar refractivity (Wildman–Crippen MR) is 78.9 cm³/mol. The van der Waals surface area contributed by atoms with Crippen LogP contribution in [0.5, 0.6) is 5.75 Å². The Balaban J connectivity index is 2.85. The van der Waals surface area contributed by atoms with Gasteiger partial charge in [0, 0.05) is 24.6 Å². The minimum absolute atomic E-state index is 0.118. The number of rotatable bonds is 5. The Labute approximate surface area is 128 Å². The lowest BCUT2D eigenvalue weighted by Crippen LogP contribution is -2.36. The molecular formula is C15H22F2N2O3. The largest absolute Gasteiger partial charge is 0.493 e. The lowest BCUT2D eigenvalue weighted by molar-refractivity contribution is 0.0524. The lowest BCUT2D eigenvalue weighted by atomic mass is 9.97. The summed E-state index contributed by atoms with van der Waals surface area (Å²) in [5, 5.41) is 2.56. The van der Waals surface area contributed by atoms with Gasteiger partial charge in [0.05, 0.1) is 7.11 Å². The van der Waals surface area contributed by atoms with E-state index in [0.717, 1.165) is 6.07 Å².